The largest absolute Gasteiger partial charge is 0.497 e. The average Bonchev–Trinajstić information content (AvgIpc) is 2.78. The number of methoxy groups -OCH3 is 1. The van der Waals surface area contributed by atoms with Crippen LogP contribution in [0.5, 0.6) is 5.75 Å². The first-order chi connectivity index (χ1) is 9.22. The summed E-state index contributed by atoms with van der Waals surface area (Å²) in [6.07, 6.45) is 1.60. The summed E-state index contributed by atoms with van der Waals surface area (Å²) in [5.41, 5.74) is 8.28. The summed E-state index contributed by atoms with van der Waals surface area (Å²) >= 11 is 0. The zero-order valence-corrected chi connectivity index (χ0v) is 10.8. The fraction of sp³-hybridized carbons (Fsp3) is 0.357. The van der Waals surface area contributed by atoms with Crippen molar-refractivity contribution < 1.29 is 9.53 Å². The second-order valence-corrected chi connectivity index (χ2v) is 4.84. The number of benzene rings is 1. The van der Waals surface area contributed by atoms with Crippen LogP contribution in [0.15, 0.2) is 18.2 Å². The van der Waals surface area contributed by atoms with Crippen molar-refractivity contribution in [2.45, 2.75) is 18.9 Å². The van der Waals surface area contributed by atoms with E-state index in [1.807, 2.05) is 18.2 Å². The normalized spacial score (nSPS) is 18.2. The molecular formula is C14H17N3O2. The molecule has 1 unspecified atom stereocenters. The Hall–Kier alpha value is -2.01. The average molecular weight is 259 g/mol. The molecule has 100 valence electrons. The van der Waals surface area contributed by atoms with Gasteiger partial charge in [0.15, 0.2) is 0 Å². The van der Waals surface area contributed by atoms with Crippen molar-refractivity contribution in [2.75, 3.05) is 13.7 Å². The maximum absolute atomic E-state index is 12.1. The van der Waals surface area contributed by atoms with Gasteiger partial charge in [0, 0.05) is 16.9 Å². The molecule has 0 fully saturated rings. The van der Waals surface area contributed by atoms with E-state index in [2.05, 4.69) is 10.3 Å². The Morgan fingerprint density at radius 2 is 2.32 bits per heavy atom. The fourth-order valence-electron chi connectivity index (χ4n) is 2.69. The molecule has 1 aromatic heterocycles. The molecule has 0 saturated carbocycles. The SMILES string of the molecule is COc1ccc2[nH]c3c(c2c1)CC(CCN)NC3=O. The van der Waals surface area contributed by atoms with Crippen molar-refractivity contribution >= 4 is 16.8 Å². The molecule has 1 amide bonds. The first-order valence-corrected chi connectivity index (χ1v) is 6.42. The van der Waals surface area contributed by atoms with Crippen LogP contribution in [0.3, 0.4) is 0 Å². The van der Waals surface area contributed by atoms with Crippen molar-refractivity contribution in [1.29, 1.82) is 0 Å². The molecule has 5 heteroatoms. The lowest BCUT2D eigenvalue weighted by Gasteiger charge is -2.23. The number of H-pyrrole nitrogens is 1. The highest BCUT2D eigenvalue weighted by molar-refractivity contribution is 6.02. The fourth-order valence-corrected chi connectivity index (χ4v) is 2.69. The van der Waals surface area contributed by atoms with E-state index in [-0.39, 0.29) is 11.9 Å². The molecule has 0 aliphatic carbocycles. The number of fused-ring (bicyclic) bond motifs is 3. The number of hydrogen-bond donors (Lipinski definition) is 3. The first kappa shape index (κ1) is 12.0. The smallest absolute Gasteiger partial charge is 0.268 e. The summed E-state index contributed by atoms with van der Waals surface area (Å²) in [5.74, 6) is 0.755. The topological polar surface area (TPSA) is 80.1 Å². The van der Waals surface area contributed by atoms with E-state index in [0.29, 0.717) is 12.2 Å². The van der Waals surface area contributed by atoms with Crippen LogP contribution in [-0.4, -0.2) is 30.6 Å². The molecule has 1 atom stereocenters. The Bertz CT molecular complexity index is 633. The molecule has 2 heterocycles. The van der Waals surface area contributed by atoms with Gasteiger partial charge in [-0.2, -0.15) is 0 Å². The minimum atomic E-state index is -0.0464. The van der Waals surface area contributed by atoms with E-state index in [1.54, 1.807) is 7.11 Å². The molecule has 19 heavy (non-hydrogen) atoms. The summed E-state index contributed by atoms with van der Waals surface area (Å²) in [7, 11) is 1.64. The van der Waals surface area contributed by atoms with E-state index >= 15 is 0 Å². The van der Waals surface area contributed by atoms with Crippen LogP contribution in [0.2, 0.25) is 0 Å². The number of carbonyl (C=O) groups excluding carboxylic acids is 1. The molecule has 1 aliphatic heterocycles. The zero-order chi connectivity index (χ0) is 13.4. The Kier molecular flexibility index (Phi) is 2.91. The third kappa shape index (κ3) is 1.96. The highest BCUT2D eigenvalue weighted by atomic mass is 16.5. The van der Waals surface area contributed by atoms with Crippen molar-refractivity contribution in [3.8, 4) is 5.75 Å². The summed E-state index contributed by atoms with van der Waals surface area (Å²) in [5, 5.41) is 4.04. The lowest BCUT2D eigenvalue weighted by atomic mass is 9.96. The maximum atomic E-state index is 12.1. The standard InChI is InChI=1S/C14H17N3O2/c1-19-9-2-3-12-10(7-9)11-6-8(4-5-15)16-14(18)13(11)17-12/h2-3,7-8,17H,4-6,15H2,1H3,(H,16,18). The molecule has 2 aromatic rings. The van der Waals surface area contributed by atoms with Gasteiger partial charge in [-0.1, -0.05) is 0 Å². The van der Waals surface area contributed by atoms with E-state index in [9.17, 15) is 4.79 Å². The lowest BCUT2D eigenvalue weighted by Crippen LogP contribution is -2.42. The van der Waals surface area contributed by atoms with Gasteiger partial charge in [-0.15, -0.1) is 0 Å². The molecule has 1 aromatic carbocycles. The van der Waals surface area contributed by atoms with Crippen LogP contribution in [0.25, 0.3) is 10.9 Å². The minimum Gasteiger partial charge on any atom is -0.497 e. The van der Waals surface area contributed by atoms with Gasteiger partial charge in [0.05, 0.1) is 7.11 Å². The van der Waals surface area contributed by atoms with Crippen molar-refractivity contribution in [2.24, 2.45) is 5.73 Å². The van der Waals surface area contributed by atoms with Crippen LogP contribution in [0, 0.1) is 0 Å². The Labute approximate surface area is 111 Å². The van der Waals surface area contributed by atoms with E-state index in [0.717, 1.165) is 35.1 Å². The number of amides is 1. The number of nitrogens with one attached hydrogen (secondary N) is 2. The minimum absolute atomic E-state index is 0.0464. The number of nitrogens with two attached hydrogens (primary N) is 1. The molecule has 3 rings (SSSR count). The number of ether oxygens (including phenoxy) is 1. The molecule has 4 N–H and O–H groups in total. The van der Waals surface area contributed by atoms with E-state index in [1.165, 1.54) is 0 Å². The van der Waals surface area contributed by atoms with Gasteiger partial charge in [-0.05, 0) is 43.1 Å². The predicted molar refractivity (Wildman–Crippen MR) is 73.5 cm³/mol. The van der Waals surface area contributed by atoms with Gasteiger partial charge in [-0.25, -0.2) is 0 Å². The molecule has 0 radical (unpaired) electrons. The predicted octanol–water partition coefficient (Wildman–Crippen LogP) is 1.18. The summed E-state index contributed by atoms with van der Waals surface area (Å²) in [6, 6.07) is 5.93. The Morgan fingerprint density at radius 3 is 3.05 bits per heavy atom. The number of aromatic amines is 1. The third-order valence-corrected chi connectivity index (χ3v) is 3.64. The van der Waals surface area contributed by atoms with Crippen LogP contribution in [0.1, 0.15) is 22.5 Å². The number of aromatic nitrogens is 1. The quantitative estimate of drug-likeness (QED) is 0.774. The molecule has 1 aliphatic rings. The highest BCUT2D eigenvalue weighted by Gasteiger charge is 2.27. The van der Waals surface area contributed by atoms with Crippen LogP contribution < -0.4 is 15.8 Å². The first-order valence-electron chi connectivity index (χ1n) is 6.42. The number of carbonyl (C=O) groups is 1. The number of hydrogen-bond acceptors (Lipinski definition) is 3. The second kappa shape index (κ2) is 4.59. The molecule has 0 bridgehead atoms. The van der Waals surface area contributed by atoms with Gasteiger partial charge in [0.25, 0.3) is 5.91 Å². The van der Waals surface area contributed by atoms with Gasteiger partial charge in [0.1, 0.15) is 11.4 Å². The molecular weight excluding hydrogens is 242 g/mol. The van der Waals surface area contributed by atoms with E-state index in [4.69, 9.17) is 10.5 Å². The van der Waals surface area contributed by atoms with Crippen molar-refractivity contribution in [3.63, 3.8) is 0 Å². The third-order valence-electron chi connectivity index (χ3n) is 3.64. The van der Waals surface area contributed by atoms with Gasteiger partial charge in [0.2, 0.25) is 0 Å². The van der Waals surface area contributed by atoms with Crippen molar-refractivity contribution in [1.82, 2.24) is 10.3 Å². The monoisotopic (exact) mass is 259 g/mol. The number of rotatable bonds is 3. The Balaban J connectivity index is 2.10. The summed E-state index contributed by atoms with van der Waals surface area (Å²) < 4.78 is 5.25. The molecule has 0 spiro atoms. The zero-order valence-electron chi connectivity index (χ0n) is 10.8. The van der Waals surface area contributed by atoms with Crippen LogP contribution >= 0.6 is 0 Å². The lowest BCUT2D eigenvalue weighted by molar-refractivity contribution is 0.0919. The summed E-state index contributed by atoms with van der Waals surface area (Å²) in [6.45, 7) is 0.575. The molecule has 5 nitrogen and oxygen atoms in total. The van der Waals surface area contributed by atoms with Crippen molar-refractivity contribution in [3.05, 3.63) is 29.5 Å². The molecule has 0 saturated heterocycles. The van der Waals surface area contributed by atoms with Gasteiger partial charge in [-0.3, -0.25) is 4.79 Å². The van der Waals surface area contributed by atoms with Crippen LogP contribution in [-0.2, 0) is 6.42 Å². The highest BCUT2D eigenvalue weighted by Crippen LogP contribution is 2.30. The van der Waals surface area contributed by atoms with Gasteiger partial charge < -0.3 is 20.8 Å². The van der Waals surface area contributed by atoms with Crippen LogP contribution in [0.4, 0.5) is 0 Å². The Morgan fingerprint density at radius 1 is 1.47 bits per heavy atom. The van der Waals surface area contributed by atoms with E-state index < -0.39 is 0 Å². The second-order valence-electron chi connectivity index (χ2n) is 4.84. The summed E-state index contributed by atoms with van der Waals surface area (Å²) in [4.78, 5) is 15.3. The maximum Gasteiger partial charge on any atom is 0.268 e. The van der Waals surface area contributed by atoms with Gasteiger partial charge >= 0.3 is 0 Å².